The van der Waals surface area contributed by atoms with Crippen LogP contribution >= 0.6 is 11.6 Å². The van der Waals surface area contributed by atoms with E-state index in [0.717, 1.165) is 24.3 Å². The van der Waals surface area contributed by atoms with Crippen molar-refractivity contribution in [2.75, 3.05) is 25.1 Å². The lowest BCUT2D eigenvalue weighted by molar-refractivity contribution is -0.126. The van der Waals surface area contributed by atoms with Gasteiger partial charge in [0.2, 0.25) is 0 Å². The highest BCUT2D eigenvalue weighted by atomic mass is 35.5. The first-order chi connectivity index (χ1) is 10.6. The monoisotopic (exact) mass is 321 g/mol. The molecule has 0 unspecified atom stereocenters. The first-order valence-electron chi connectivity index (χ1n) is 7.24. The number of nitrogens with zero attached hydrogens (tertiary/aromatic N) is 3. The predicted molar refractivity (Wildman–Crippen MR) is 88.5 cm³/mol. The summed E-state index contributed by atoms with van der Waals surface area (Å²) >= 11 is 6.03. The molecule has 1 aliphatic rings. The number of hydrogen-bond donors (Lipinski definition) is 0. The van der Waals surface area contributed by atoms with Crippen molar-refractivity contribution in [2.45, 2.75) is 26.2 Å². The lowest BCUT2D eigenvalue weighted by Gasteiger charge is -2.33. The summed E-state index contributed by atoms with van der Waals surface area (Å²) in [5.41, 5.74) is 1.23. The topological polar surface area (TPSA) is 55.3 Å². The Kier molecular flexibility index (Phi) is 5.55. The van der Waals surface area contributed by atoms with Gasteiger partial charge in [-0.25, -0.2) is 9.97 Å². The fourth-order valence-corrected chi connectivity index (χ4v) is 2.51. The van der Waals surface area contributed by atoms with Gasteiger partial charge in [0.05, 0.1) is 7.11 Å². The number of carbonyl (C=O) groups excluding carboxylic acids is 1. The highest BCUT2D eigenvalue weighted by molar-refractivity contribution is 6.30. The number of rotatable bonds is 3. The van der Waals surface area contributed by atoms with Crippen LogP contribution in [0.3, 0.4) is 0 Å². The van der Waals surface area contributed by atoms with Gasteiger partial charge < -0.3 is 9.64 Å². The van der Waals surface area contributed by atoms with Crippen LogP contribution in [0.4, 0.5) is 5.82 Å². The van der Waals surface area contributed by atoms with Crippen molar-refractivity contribution in [2.24, 2.45) is 0 Å². The molecule has 118 valence electrons. The molecule has 0 amide bonds. The van der Waals surface area contributed by atoms with Crippen LogP contribution in [0.15, 0.2) is 18.5 Å². The summed E-state index contributed by atoms with van der Waals surface area (Å²) in [6.07, 6.45) is 5.08. The van der Waals surface area contributed by atoms with Crippen LogP contribution < -0.4 is 4.90 Å². The molecule has 1 aliphatic heterocycles. The number of halogens is 1. The maximum absolute atomic E-state index is 8.95. The molecule has 0 aliphatic carbocycles. The van der Waals surface area contributed by atoms with Gasteiger partial charge >= 0.3 is 0 Å². The molecule has 5 nitrogen and oxygen atoms in total. The highest BCUT2D eigenvalue weighted by Crippen LogP contribution is 2.33. The fourth-order valence-electron chi connectivity index (χ4n) is 2.36. The van der Waals surface area contributed by atoms with Crippen LogP contribution in [0.25, 0.3) is 10.8 Å². The van der Waals surface area contributed by atoms with E-state index in [1.54, 1.807) is 0 Å². The van der Waals surface area contributed by atoms with Crippen molar-refractivity contribution in [3.8, 4) is 0 Å². The van der Waals surface area contributed by atoms with Crippen molar-refractivity contribution in [3.05, 3.63) is 29.2 Å². The molecular weight excluding hydrogens is 302 g/mol. The van der Waals surface area contributed by atoms with Crippen LogP contribution in [-0.2, 0) is 9.53 Å². The average Bonchev–Trinajstić information content (AvgIpc) is 2.45. The van der Waals surface area contributed by atoms with Crippen molar-refractivity contribution >= 4 is 34.7 Å². The van der Waals surface area contributed by atoms with E-state index in [1.165, 1.54) is 24.5 Å². The van der Waals surface area contributed by atoms with E-state index in [-0.39, 0.29) is 0 Å². The Morgan fingerprint density at radius 1 is 1.27 bits per heavy atom. The quantitative estimate of drug-likeness (QED) is 0.640. The van der Waals surface area contributed by atoms with Crippen molar-refractivity contribution in [3.63, 3.8) is 0 Å². The summed E-state index contributed by atoms with van der Waals surface area (Å²) in [7, 11) is 1.31. The summed E-state index contributed by atoms with van der Waals surface area (Å²) in [4.78, 5) is 20.1. The third kappa shape index (κ3) is 3.47. The van der Waals surface area contributed by atoms with Gasteiger partial charge in [-0.15, -0.1) is 0 Å². The molecule has 3 rings (SSSR count). The molecule has 0 N–H and O–H groups in total. The molecule has 3 heterocycles. The number of methoxy groups -OCH3 is 1. The van der Waals surface area contributed by atoms with Gasteiger partial charge in [-0.3, -0.25) is 4.79 Å². The number of carbonyl (C=O) groups is 1. The number of pyridine rings is 2. The zero-order valence-corrected chi connectivity index (χ0v) is 13.8. The zero-order chi connectivity index (χ0) is 16.1. The SMILES string of the molecule is CC(C)c1cnc(N2CCC2)c2cnc(Cl)cc12.COC=O. The van der Waals surface area contributed by atoms with Gasteiger partial charge in [0.1, 0.15) is 11.0 Å². The van der Waals surface area contributed by atoms with E-state index in [1.807, 2.05) is 18.5 Å². The largest absolute Gasteiger partial charge is 0.471 e. The summed E-state index contributed by atoms with van der Waals surface area (Å²) in [5, 5.41) is 2.84. The maximum atomic E-state index is 8.95. The van der Waals surface area contributed by atoms with Crippen molar-refractivity contribution < 1.29 is 9.53 Å². The van der Waals surface area contributed by atoms with Crippen LogP contribution in [0.5, 0.6) is 0 Å². The molecule has 2 aromatic heterocycles. The minimum atomic E-state index is 0.375. The van der Waals surface area contributed by atoms with Gasteiger partial charge in [-0.2, -0.15) is 0 Å². The molecule has 22 heavy (non-hydrogen) atoms. The molecule has 1 fully saturated rings. The second-order valence-corrected chi connectivity index (χ2v) is 5.80. The van der Waals surface area contributed by atoms with E-state index < -0.39 is 0 Å². The molecular formula is C16H20ClN3O2. The third-order valence-corrected chi connectivity index (χ3v) is 3.83. The van der Waals surface area contributed by atoms with Gasteiger partial charge in [-0.05, 0) is 29.4 Å². The first kappa shape index (κ1) is 16.5. The fraction of sp³-hybridized carbons (Fsp3) is 0.438. The summed E-state index contributed by atoms with van der Waals surface area (Å²) < 4.78 is 3.86. The molecule has 1 saturated heterocycles. The van der Waals surface area contributed by atoms with Crippen LogP contribution in [0.2, 0.25) is 5.15 Å². The minimum Gasteiger partial charge on any atom is -0.471 e. The highest BCUT2D eigenvalue weighted by Gasteiger charge is 2.20. The smallest absolute Gasteiger partial charge is 0.292 e. The Bertz CT molecular complexity index is 657. The molecule has 0 aromatic carbocycles. The van der Waals surface area contributed by atoms with Crippen LogP contribution in [0, 0.1) is 0 Å². The minimum absolute atomic E-state index is 0.375. The average molecular weight is 322 g/mol. The van der Waals surface area contributed by atoms with Crippen LogP contribution in [0.1, 0.15) is 31.7 Å². The number of fused-ring (bicyclic) bond motifs is 1. The second kappa shape index (κ2) is 7.40. The Balaban J connectivity index is 0.000000396. The molecule has 0 radical (unpaired) electrons. The van der Waals surface area contributed by atoms with Gasteiger partial charge in [0.25, 0.3) is 6.47 Å². The van der Waals surface area contributed by atoms with Gasteiger partial charge in [0, 0.05) is 30.9 Å². The predicted octanol–water partition coefficient (Wildman–Crippen LogP) is 3.41. The summed E-state index contributed by atoms with van der Waals surface area (Å²) in [6, 6.07) is 1.96. The maximum Gasteiger partial charge on any atom is 0.292 e. The Morgan fingerprint density at radius 2 is 1.95 bits per heavy atom. The normalized spacial score (nSPS) is 13.4. The van der Waals surface area contributed by atoms with E-state index in [9.17, 15) is 0 Å². The lowest BCUT2D eigenvalue weighted by Crippen LogP contribution is -2.37. The molecule has 0 saturated carbocycles. The van der Waals surface area contributed by atoms with E-state index in [0.29, 0.717) is 17.5 Å². The number of anilines is 1. The molecule has 0 atom stereocenters. The number of ether oxygens (including phenoxy) is 1. The zero-order valence-electron chi connectivity index (χ0n) is 13.0. The molecule has 6 heteroatoms. The molecule has 0 bridgehead atoms. The van der Waals surface area contributed by atoms with E-state index in [2.05, 4.69) is 33.5 Å². The third-order valence-electron chi connectivity index (χ3n) is 3.62. The van der Waals surface area contributed by atoms with Crippen LogP contribution in [-0.4, -0.2) is 36.6 Å². The second-order valence-electron chi connectivity index (χ2n) is 5.42. The Morgan fingerprint density at radius 3 is 2.45 bits per heavy atom. The molecule has 2 aromatic rings. The van der Waals surface area contributed by atoms with Gasteiger partial charge in [0.15, 0.2) is 0 Å². The Hall–Kier alpha value is -1.88. The summed E-state index contributed by atoms with van der Waals surface area (Å²) in [6.45, 7) is 6.90. The number of aromatic nitrogens is 2. The van der Waals surface area contributed by atoms with Crippen molar-refractivity contribution in [1.29, 1.82) is 0 Å². The number of hydrogen-bond acceptors (Lipinski definition) is 5. The standard InChI is InChI=1S/C14H16ClN3.C2H4O2/c1-9(2)11-7-17-14(18-4-3-5-18)12-8-16-13(15)6-10(11)12;1-4-2-3/h6-9H,3-5H2,1-2H3;2H,1H3. The first-order valence-corrected chi connectivity index (χ1v) is 7.61. The van der Waals surface area contributed by atoms with Crippen molar-refractivity contribution in [1.82, 2.24) is 9.97 Å². The lowest BCUT2D eigenvalue weighted by atomic mass is 9.99. The van der Waals surface area contributed by atoms with E-state index in [4.69, 9.17) is 16.4 Å². The summed E-state index contributed by atoms with van der Waals surface area (Å²) in [5.74, 6) is 1.48. The Labute approximate surface area is 135 Å². The van der Waals surface area contributed by atoms with Gasteiger partial charge in [-0.1, -0.05) is 25.4 Å². The molecule has 0 spiro atoms. The van der Waals surface area contributed by atoms with E-state index >= 15 is 0 Å².